The van der Waals surface area contributed by atoms with Crippen LogP contribution in [0, 0.1) is 13.8 Å². The lowest BCUT2D eigenvalue weighted by Crippen LogP contribution is -2.30. The number of aromatic nitrogens is 2. The fraction of sp³-hybridized carbons (Fsp3) is 0.120. The molecule has 0 fully saturated rings. The maximum Gasteiger partial charge on any atom is 0.227 e. The Morgan fingerprint density at radius 2 is 1.75 bits per heavy atom. The molecule has 0 spiro atoms. The maximum atomic E-state index is 7.65. The average molecular weight is 368 g/mol. The number of aryl methyl sites for hydroxylation is 3. The highest BCUT2D eigenvalue weighted by atomic mass is 16.3. The molecule has 0 saturated carbocycles. The van der Waals surface area contributed by atoms with Crippen molar-refractivity contribution >= 4 is 22.1 Å². The van der Waals surface area contributed by atoms with Gasteiger partial charge in [-0.25, -0.2) is 9.55 Å². The molecule has 28 heavy (non-hydrogen) atoms. The first-order valence-electron chi connectivity index (χ1n) is 10.7. The van der Waals surface area contributed by atoms with Gasteiger partial charge in [-0.1, -0.05) is 42.5 Å². The van der Waals surface area contributed by atoms with Crippen LogP contribution in [0.4, 0.5) is 0 Å². The second kappa shape index (κ2) is 6.31. The molecule has 0 N–H and O–H groups in total. The van der Waals surface area contributed by atoms with E-state index < -0.39 is 6.85 Å². The van der Waals surface area contributed by atoms with E-state index in [1.54, 1.807) is 12.1 Å². The monoisotopic (exact) mass is 368 g/mol. The summed E-state index contributed by atoms with van der Waals surface area (Å²) in [5.74, 6) is 0. The second-order valence-electron chi connectivity index (χ2n) is 7.06. The van der Waals surface area contributed by atoms with E-state index >= 15 is 0 Å². The fourth-order valence-electron chi connectivity index (χ4n) is 3.77. The molecule has 0 bridgehead atoms. The number of nitrogens with zero attached hydrogens (tertiary/aromatic N) is 2. The molecule has 0 atom stereocenters. The van der Waals surface area contributed by atoms with Crippen molar-refractivity contribution in [1.29, 1.82) is 0 Å². The Labute approximate surface area is 168 Å². The topological polar surface area (TPSA) is 29.9 Å². The van der Waals surface area contributed by atoms with Crippen molar-refractivity contribution in [3.05, 3.63) is 84.2 Å². The van der Waals surface area contributed by atoms with Crippen LogP contribution < -0.4 is 4.57 Å². The van der Waals surface area contributed by atoms with Crippen molar-refractivity contribution in [2.24, 2.45) is 7.05 Å². The van der Waals surface area contributed by atoms with Crippen LogP contribution in [0.25, 0.3) is 44.5 Å². The standard InChI is InChI=1S/C25H21N2O/c1-16-9-11-20-21-12-10-17(2)26-25(21)28-24(20)23(16)22-15-19(13-14-27(22)3)18-7-5-4-6-8-18/h4-15H,1-3H3/q+1/i2D3. The molecule has 5 aromatic rings. The Bertz CT molecular complexity index is 1440. The van der Waals surface area contributed by atoms with Crippen LogP contribution in [-0.2, 0) is 7.05 Å². The van der Waals surface area contributed by atoms with Gasteiger partial charge in [0, 0.05) is 32.7 Å². The van der Waals surface area contributed by atoms with Crippen molar-refractivity contribution in [3.8, 4) is 22.4 Å². The normalized spacial score (nSPS) is 13.4. The van der Waals surface area contributed by atoms with Crippen LogP contribution in [0.3, 0.4) is 0 Å². The fourth-order valence-corrected chi connectivity index (χ4v) is 3.77. The van der Waals surface area contributed by atoms with E-state index in [4.69, 9.17) is 8.53 Å². The van der Waals surface area contributed by atoms with Gasteiger partial charge in [0.25, 0.3) is 0 Å². The van der Waals surface area contributed by atoms with Gasteiger partial charge in [-0.2, -0.15) is 0 Å². The molecule has 2 aromatic carbocycles. The van der Waals surface area contributed by atoms with Crippen molar-refractivity contribution in [3.63, 3.8) is 0 Å². The molecule has 3 nitrogen and oxygen atoms in total. The van der Waals surface area contributed by atoms with Gasteiger partial charge in [0.2, 0.25) is 11.4 Å². The minimum atomic E-state index is -2.28. The highest BCUT2D eigenvalue weighted by molar-refractivity contribution is 6.08. The highest BCUT2D eigenvalue weighted by Crippen LogP contribution is 2.37. The smallest absolute Gasteiger partial charge is 0.227 e. The molecule has 0 aliphatic carbocycles. The number of hydrogen-bond donors (Lipinski definition) is 0. The van der Waals surface area contributed by atoms with E-state index in [9.17, 15) is 0 Å². The second-order valence-corrected chi connectivity index (χ2v) is 7.06. The summed E-state index contributed by atoms with van der Waals surface area (Å²) in [4.78, 5) is 4.30. The molecular weight excluding hydrogens is 344 g/mol. The van der Waals surface area contributed by atoms with E-state index in [0.717, 1.165) is 38.7 Å². The first kappa shape index (κ1) is 13.7. The molecule has 3 heteroatoms. The van der Waals surface area contributed by atoms with Gasteiger partial charge in [0.05, 0.1) is 5.56 Å². The maximum absolute atomic E-state index is 7.65. The zero-order chi connectivity index (χ0) is 21.8. The van der Waals surface area contributed by atoms with Crippen LogP contribution in [0.5, 0.6) is 0 Å². The minimum Gasteiger partial charge on any atom is -0.437 e. The third kappa shape index (κ3) is 2.59. The minimum absolute atomic E-state index is 0.0361. The first-order chi connectivity index (χ1) is 14.8. The predicted molar refractivity (Wildman–Crippen MR) is 113 cm³/mol. The summed E-state index contributed by atoms with van der Waals surface area (Å²) < 4.78 is 31.2. The third-order valence-electron chi connectivity index (χ3n) is 5.23. The van der Waals surface area contributed by atoms with Crippen LogP contribution in [0.1, 0.15) is 15.4 Å². The first-order valence-corrected chi connectivity index (χ1v) is 9.22. The molecule has 0 unspecified atom stereocenters. The van der Waals surface area contributed by atoms with E-state index in [-0.39, 0.29) is 5.69 Å². The van der Waals surface area contributed by atoms with Crippen molar-refractivity contribution in [2.45, 2.75) is 13.8 Å². The summed E-state index contributed by atoms with van der Waals surface area (Å²) in [6, 6.07) is 21.9. The van der Waals surface area contributed by atoms with Crippen molar-refractivity contribution in [1.82, 2.24) is 4.98 Å². The van der Waals surface area contributed by atoms with E-state index in [1.165, 1.54) is 0 Å². The van der Waals surface area contributed by atoms with Gasteiger partial charge in [-0.05, 0) is 42.6 Å². The zero-order valence-electron chi connectivity index (χ0n) is 18.7. The Balaban J connectivity index is 1.78. The summed E-state index contributed by atoms with van der Waals surface area (Å²) >= 11 is 0. The summed E-state index contributed by atoms with van der Waals surface area (Å²) in [6.45, 7) is -0.221. The van der Waals surface area contributed by atoms with E-state index in [2.05, 4.69) is 46.8 Å². The van der Waals surface area contributed by atoms with Gasteiger partial charge in [0.15, 0.2) is 11.8 Å². The van der Waals surface area contributed by atoms with E-state index in [0.29, 0.717) is 11.3 Å². The summed E-state index contributed by atoms with van der Waals surface area (Å²) in [7, 11) is 2.01. The molecule has 136 valence electrons. The van der Waals surface area contributed by atoms with Gasteiger partial charge >= 0.3 is 0 Å². The van der Waals surface area contributed by atoms with Crippen LogP contribution >= 0.6 is 0 Å². The van der Waals surface area contributed by atoms with Crippen molar-refractivity contribution < 1.29 is 13.1 Å². The quantitative estimate of drug-likeness (QED) is 0.371. The molecule has 3 heterocycles. The van der Waals surface area contributed by atoms with Crippen LogP contribution in [-0.4, -0.2) is 4.98 Å². The SMILES string of the molecule is [2H]C([2H])([2H])c1ccc2c(n1)oc1c(-c3cc(-c4ccccc4)cc[n+]3C)c(C)ccc12. The number of benzene rings is 2. The Morgan fingerprint density at radius 3 is 2.57 bits per heavy atom. The Kier molecular flexibility index (Phi) is 3.08. The molecule has 0 aliphatic heterocycles. The lowest BCUT2D eigenvalue weighted by atomic mass is 9.98. The molecule has 0 amide bonds. The number of hydrogen-bond acceptors (Lipinski definition) is 2. The summed E-state index contributed by atoms with van der Waals surface area (Å²) in [5.41, 5.74) is 6.42. The zero-order valence-corrected chi connectivity index (χ0v) is 15.7. The lowest BCUT2D eigenvalue weighted by molar-refractivity contribution is -0.660. The van der Waals surface area contributed by atoms with Gasteiger partial charge in [-0.3, -0.25) is 0 Å². The molecule has 0 saturated heterocycles. The molecule has 5 rings (SSSR count). The van der Waals surface area contributed by atoms with Crippen molar-refractivity contribution in [2.75, 3.05) is 0 Å². The lowest BCUT2D eigenvalue weighted by Gasteiger charge is -2.08. The third-order valence-corrected chi connectivity index (χ3v) is 5.23. The van der Waals surface area contributed by atoms with Gasteiger partial charge in [0.1, 0.15) is 7.05 Å². The average Bonchev–Trinajstić information content (AvgIpc) is 3.12. The van der Waals surface area contributed by atoms with Crippen LogP contribution in [0.15, 0.2) is 77.3 Å². The molecule has 3 aromatic heterocycles. The number of rotatable bonds is 2. The molecule has 0 radical (unpaired) electrons. The predicted octanol–water partition coefficient (Wildman–Crippen LogP) is 5.76. The van der Waals surface area contributed by atoms with E-state index in [1.807, 2.05) is 37.5 Å². The summed E-state index contributed by atoms with van der Waals surface area (Å²) in [5, 5.41) is 1.73. The molecular formula is C25H21N2O+. The summed E-state index contributed by atoms with van der Waals surface area (Å²) in [6.07, 6.45) is 2.05. The van der Waals surface area contributed by atoms with Gasteiger partial charge in [-0.15, -0.1) is 0 Å². The molecule has 0 aliphatic rings. The number of pyridine rings is 2. The Hall–Kier alpha value is -3.46. The van der Waals surface area contributed by atoms with Crippen LogP contribution in [0.2, 0.25) is 0 Å². The Morgan fingerprint density at radius 1 is 0.929 bits per heavy atom. The number of furan rings is 1. The highest BCUT2D eigenvalue weighted by Gasteiger charge is 2.21. The number of fused-ring (bicyclic) bond motifs is 3. The van der Waals surface area contributed by atoms with Gasteiger partial charge < -0.3 is 4.42 Å². The largest absolute Gasteiger partial charge is 0.437 e.